The summed E-state index contributed by atoms with van der Waals surface area (Å²) in [6, 6.07) is 6.12. The lowest BCUT2D eigenvalue weighted by Gasteiger charge is -2.19. The third kappa shape index (κ3) is 8.44. The summed E-state index contributed by atoms with van der Waals surface area (Å²) in [7, 11) is -0.0903. The van der Waals surface area contributed by atoms with Crippen molar-refractivity contribution in [2.75, 3.05) is 12.3 Å². The Balaban J connectivity index is 2.60. The first kappa shape index (κ1) is 19.3. The number of benzene rings is 1. The summed E-state index contributed by atoms with van der Waals surface area (Å²) >= 11 is 12.4. The Hall–Kier alpha value is 0.230. The van der Waals surface area contributed by atoms with Crippen molar-refractivity contribution in [1.29, 1.82) is 0 Å². The first-order valence-corrected chi connectivity index (χ1v) is 10.8. The van der Waals surface area contributed by atoms with Crippen molar-refractivity contribution in [2.45, 2.75) is 65.2 Å². The molecule has 0 N–H and O–H groups in total. The Labute approximate surface area is 142 Å². The Kier molecular flexibility index (Phi) is 10.8. The van der Waals surface area contributed by atoms with Gasteiger partial charge in [-0.15, -0.1) is 0 Å². The van der Waals surface area contributed by atoms with E-state index in [0.717, 1.165) is 10.0 Å². The van der Waals surface area contributed by atoms with Crippen LogP contribution in [-0.4, -0.2) is 12.3 Å². The third-order valence-electron chi connectivity index (χ3n) is 3.78. The lowest BCUT2D eigenvalue weighted by atomic mass is 10.2. The fourth-order valence-electron chi connectivity index (χ4n) is 2.55. The molecule has 0 saturated carbocycles. The Morgan fingerprint density at radius 3 is 1.62 bits per heavy atom. The molecule has 21 heavy (non-hydrogen) atoms. The summed E-state index contributed by atoms with van der Waals surface area (Å²) in [4.78, 5) is 0. The van der Waals surface area contributed by atoms with Gasteiger partial charge in [0.2, 0.25) is 0 Å². The SMILES string of the molecule is CCCCCCP(CCCCCC)c1cc(Cl)cc(Cl)c1. The molecule has 0 heterocycles. The first-order chi connectivity index (χ1) is 10.2. The van der Waals surface area contributed by atoms with E-state index in [-0.39, 0.29) is 7.92 Å². The maximum absolute atomic E-state index is 6.19. The molecule has 0 fully saturated rings. The molecule has 1 aromatic carbocycles. The molecule has 0 aliphatic carbocycles. The van der Waals surface area contributed by atoms with Crippen LogP contribution >= 0.6 is 31.1 Å². The summed E-state index contributed by atoms with van der Waals surface area (Å²) in [5, 5.41) is 2.97. The van der Waals surface area contributed by atoms with E-state index in [4.69, 9.17) is 23.2 Å². The third-order valence-corrected chi connectivity index (χ3v) is 6.91. The molecule has 1 rings (SSSR count). The van der Waals surface area contributed by atoms with Gasteiger partial charge in [0.25, 0.3) is 0 Å². The van der Waals surface area contributed by atoms with Gasteiger partial charge >= 0.3 is 0 Å². The second kappa shape index (κ2) is 11.8. The normalized spacial score (nSPS) is 11.3. The molecule has 0 nitrogen and oxygen atoms in total. The highest BCUT2D eigenvalue weighted by Crippen LogP contribution is 2.38. The minimum absolute atomic E-state index is 0.0903. The predicted octanol–water partition coefficient (Wildman–Crippen LogP) is 7.26. The molecule has 0 aromatic heterocycles. The largest absolute Gasteiger partial charge is 0.0843 e. The standard InChI is InChI=1S/C18H29Cl2P/c1-3-5-7-9-11-21(12-10-8-6-4-2)18-14-16(19)13-17(20)15-18/h13-15H,3-12H2,1-2H3. The minimum atomic E-state index is -0.0903. The topological polar surface area (TPSA) is 0 Å². The van der Waals surface area contributed by atoms with E-state index in [1.165, 1.54) is 69.0 Å². The van der Waals surface area contributed by atoms with Crippen LogP contribution in [-0.2, 0) is 0 Å². The van der Waals surface area contributed by atoms with E-state index in [1.807, 2.05) is 6.07 Å². The molecular formula is C18H29Cl2P. The number of hydrogen-bond donors (Lipinski definition) is 0. The molecule has 0 amide bonds. The van der Waals surface area contributed by atoms with E-state index in [0.29, 0.717) is 0 Å². The van der Waals surface area contributed by atoms with Crippen LogP contribution in [0, 0.1) is 0 Å². The lowest BCUT2D eigenvalue weighted by molar-refractivity contribution is 0.697. The lowest BCUT2D eigenvalue weighted by Crippen LogP contribution is -2.07. The second-order valence-corrected chi connectivity index (χ2v) is 9.10. The smallest absolute Gasteiger partial charge is 0.0427 e. The average Bonchev–Trinajstić information content (AvgIpc) is 2.44. The van der Waals surface area contributed by atoms with Crippen molar-refractivity contribution in [2.24, 2.45) is 0 Å². The average molecular weight is 347 g/mol. The van der Waals surface area contributed by atoms with Crippen molar-refractivity contribution in [1.82, 2.24) is 0 Å². The van der Waals surface area contributed by atoms with Gasteiger partial charge in [0, 0.05) is 10.0 Å². The van der Waals surface area contributed by atoms with Crippen molar-refractivity contribution in [3.05, 3.63) is 28.2 Å². The molecule has 3 heteroatoms. The molecule has 0 radical (unpaired) electrons. The van der Waals surface area contributed by atoms with E-state index >= 15 is 0 Å². The van der Waals surface area contributed by atoms with E-state index < -0.39 is 0 Å². The van der Waals surface area contributed by atoms with Crippen molar-refractivity contribution in [3.63, 3.8) is 0 Å². The Morgan fingerprint density at radius 1 is 0.714 bits per heavy atom. The van der Waals surface area contributed by atoms with Gasteiger partial charge in [-0.25, -0.2) is 0 Å². The van der Waals surface area contributed by atoms with Crippen LogP contribution < -0.4 is 5.30 Å². The summed E-state index contributed by atoms with van der Waals surface area (Å²) < 4.78 is 0. The van der Waals surface area contributed by atoms with Gasteiger partial charge in [-0.2, -0.15) is 0 Å². The van der Waals surface area contributed by atoms with Crippen LogP contribution in [0.25, 0.3) is 0 Å². The molecule has 0 unspecified atom stereocenters. The van der Waals surface area contributed by atoms with Crippen LogP contribution in [0.3, 0.4) is 0 Å². The van der Waals surface area contributed by atoms with Gasteiger partial charge in [0.05, 0.1) is 0 Å². The zero-order valence-corrected chi connectivity index (χ0v) is 15.9. The van der Waals surface area contributed by atoms with Gasteiger partial charge in [-0.05, 0) is 48.7 Å². The molecule has 0 spiro atoms. The summed E-state index contributed by atoms with van der Waals surface area (Å²) in [5.74, 6) is 0. The van der Waals surface area contributed by atoms with E-state index in [2.05, 4.69) is 26.0 Å². The van der Waals surface area contributed by atoms with Crippen LogP contribution in [0.4, 0.5) is 0 Å². The second-order valence-electron chi connectivity index (χ2n) is 5.74. The highest BCUT2D eigenvalue weighted by molar-refractivity contribution is 7.65. The number of hydrogen-bond acceptors (Lipinski definition) is 0. The fourth-order valence-corrected chi connectivity index (χ4v) is 5.82. The van der Waals surface area contributed by atoms with Gasteiger partial charge in [0.1, 0.15) is 0 Å². The summed E-state index contributed by atoms with van der Waals surface area (Å²) in [5.41, 5.74) is 0. The predicted molar refractivity (Wildman–Crippen MR) is 101 cm³/mol. The van der Waals surface area contributed by atoms with Crippen molar-refractivity contribution in [3.8, 4) is 0 Å². The van der Waals surface area contributed by atoms with E-state index in [9.17, 15) is 0 Å². The number of unbranched alkanes of at least 4 members (excludes halogenated alkanes) is 6. The van der Waals surface area contributed by atoms with Crippen LogP contribution in [0.5, 0.6) is 0 Å². The quantitative estimate of drug-likeness (QED) is 0.292. The molecule has 0 aliphatic rings. The summed E-state index contributed by atoms with van der Waals surface area (Å²) in [6.07, 6.45) is 13.4. The molecule has 0 atom stereocenters. The van der Waals surface area contributed by atoms with Gasteiger partial charge < -0.3 is 0 Å². The molecule has 1 aromatic rings. The minimum Gasteiger partial charge on any atom is -0.0843 e. The van der Waals surface area contributed by atoms with Gasteiger partial charge in [0.15, 0.2) is 0 Å². The monoisotopic (exact) mass is 346 g/mol. The van der Waals surface area contributed by atoms with Crippen molar-refractivity contribution < 1.29 is 0 Å². The zero-order valence-electron chi connectivity index (χ0n) is 13.5. The number of rotatable bonds is 11. The van der Waals surface area contributed by atoms with Crippen LogP contribution in [0.2, 0.25) is 10.0 Å². The van der Waals surface area contributed by atoms with E-state index in [1.54, 1.807) is 0 Å². The fraction of sp³-hybridized carbons (Fsp3) is 0.667. The summed E-state index contributed by atoms with van der Waals surface area (Å²) in [6.45, 7) is 4.54. The van der Waals surface area contributed by atoms with Gasteiger partial charge in [-0.1, -0.05) is 83.5 Å². The highest BCUT2D eigenvalue weighted by Gasteiger charge is 2.12. The highest BCUT2D eigenvalue weighted by atomic mass is 35.5. The number of halogens is 2. The Bertz CT molecular complexity index is 361. The maximum atomic E-state index is 6.19. The molecular weight excluding hydrogens is 318 g/mol. The van der Waals surface area contributed by atoms with Gasteiger partial charge in [-0.3, -0.25) is 0 Å². The first-order valence-electron chi connectivity index (χ1n) is 8.38. The van der Waals surface area contributed by atoms with Crippen LogP contribution in [0.15, 0.2) is 18.2 Å². The van der Waals surface area contributed by atoms with Crippen molar-refractivity contribution >= 4 is 36.4 Å². The molecule has 0 saturated heterocycles. The Morgan fingerprint density at radius 2 is 1.19 bits per heavy atom. The maximum Gasteiger partial charge on any atom is 0.0427 e. The van der Waals surface area contributed by atoms with Crippen LogP contribution in [0.1, 0.15) is 65.2 Å². The zero-order chi connectivity index (χ0) is 15.5. The molecule has 120 valence electrons. The molecule has 0 bridgehead atoms. The molecule has 0 aliphatic heterocycles.